The molecule has 0 aliphatic carbocycles. The van der Waals surface area contributed by atoms with Gasteiger partial charge < -0.3 is 15.3 Å². The third-order valence-corrected chi connectivity index (χ3v) is 2.85. The van der Waals surface area contributed by atoms with Crippen LogP contribution in [-0.2, 0) is 0 Å². The molecule has 0 bridgehead atoms. The van der Waals surface area contributed by atoms with Crippen LogP contribution >= 0.6 is 0 Å². The van der Waals surface area contributed by atoms with Crippen LogP contribution in [-0.4, -0.2) is 33.1 Å². The lowest BCUT2D eigenvalue weighted by atomic mass is 9.96. The van der Waals surface area contributed by atoms with Gasteiger partial charge in [0.25, 0.3) is 0 Å². The molecule has 0 fully saturated rings. The highest BCUT2D eigenvalue weighted by Gasteiger charge is 2.20. The molecule has 0 amide bonds. The third-order valence-electron chi connectivity index (χ3n) is 2.85. The number of hydrogen-bond acceptors (Lipinski definition) is 3. The van der Waals surface area contributed by atoms with E-state index in [1.54, 1.807) is 13.8 Å². The number of rotatable bonds is 9. The Balaban J connectivity index is 3.61. The molecule has 0 spiro atoms. The summed E-state index contributed by atoms with van der Waals surface area (Å²) < 4.78 is 0. The van der Waals surface area contributed by atoms with Crippen LogP contribution in [0.5, 0.6) is 0 Å². The average Bonchev–Trinajstić information content (AvgIpc) is 2.19. The largest absolute Gasteiger partial charge is 0.390 e. The SMILES string of the molecule is CCCCCCC(O)C(O)CCC(C)(C)O. The van der Waals surface area contributed by atoms with E-state index in [-0.39, 0.29) is 0 Å². The zero-order chi connectivity index (χ0) is 12.6. The predicted molar refractivity (Wildman–Crippen MR) is 66.3 cm³/mol. The van der Waals surface area contributed by atoms with E-state index in [4.69, 9.17) is 0 Å². The molecule has 3 heteroatoms. The first-order chi connectivity index (χ1) is 7.37. The van der Waals surface area contributed by atoms with Gasteiger partial charge in [0.2, 0.25) is 0 Å². The lowest BCUT2D eigenvalue weighted by Crippen LogP contribution is -2.29. The lowest BCUT2D eigenvalue weighted by Gasteiger charge is -2.22. The number of hydrogen-bond donors (Lipinski definition) is 3. The molecule has 0 radical (unpaired) electrons. The maximum absolute atomic E-state index is 9.68. The molecule has 16 heavy (non-hydrogen) atoms. The van der Waals surface area contributed by atoms with E-state index in [9.17, 15) is 15.3 Å². The summed E-state index contributed by atoms with van der Waals surface area (Å²) in [7, 11) is 0. The molecule has 98 valence electrons. The zero-order valence-corrected chi connectivity index (χ0v) is 10.9. The molecule has 0 aromatic rings. The summed E-state index contributed by atoms with van der Waals surface area (Å²) in [4.78, 5) is 0. The van der Waals surface area contributed by atoms with E-state index >= 15 is 0 Å². The second kappa shape index (κ2) is 8.04. The highest BCUT2D eigenvalue weighted by atomic mass is 16.3. The van der Waals surface area contributed by atoms with Crippen LogP contribution < -0.4 is 0 Å². The standard InChI is InChI=1S/C13H28O3/c1-4-5-6-7-8-11(14)12(15)9-10-13(2,3)16/h11-12,14-16H,4-10H2,1-3H3. The molecule has 0 aromatic carbocycles. The van der Waals surface area contributed by atoms with Gasteiger partial charge in [-0.05, 0) is 33.1 Å². The predicted octanol–water partition coefficient (Wildman–Crippen LogP) is 2.23. The minimum atomic E-state index is -0.761. The molecule has 0 aliphatic heterocycles. The molecule has 0 aliphatic rings. The smallest absolute Gasteiger partial charge is 0.0800 e. The van der Waals surface area contributed by atoms with Gasteiger partial charge in [-0.1, -0.05) is 32.6 Å². The van der Waals surface area contributed by atoms with E-state index < -0.39 is 17.8 Å². The van der Waals surface area contributed by atoms with E-state index in [1.807, 2.05) is 0 Å². The van der Waals surface area contributed by atoms with E-state index in [1.165, 1.54) is 12.8 Å². The van der Waals surface area contributed by atoms with Gasteiger partial charge in [0.05, 0.1) is 17.8 Å². The van der Waals surface area contributed by atoms with Crippen LogP contribution in [0.3, 0.4) is 0 Å². The number of aliphatic hydroxyl groups excluding tert-OH is 2. The summed E-state index contributed by atoms with van der Waals surface area (Å²) >= 11 is 0. The molecule has 3 N–H and O–H groups in total. The monoisotopic (exact) mass is 232 g/mol. The van der Waals surface area contributed by atoms with Gasteiger partial charge in [-0.2, -0.15) is 0 Å². The lowest BCUT2D eigenvalue weighted by molar-refractivity contribution is -0.0116. The van der Waals surface area contributed by atoms with E-state index in [0.717, 1.165) is 12.8 Å². The highest BCUT2D eigenvalue weighted by molar-refractivity contribution is 4.73. The Morgan fingerprint density at radius 3 is 2.00 bits per heavy atom. The van der Waals surface area contributed by atoms with Gasteiger partial charge in [0, 0.05) is 0 Å². The molecule has 2 unspecified atom stereocenters. The first-order valence-corrected chi connectivity index (χ1v) is 6.45. The van der Waals surface area contributed by atoms with Crippen molar-refractivity contribution in [2.45, 2.75) is 83.5 Å². The normalized spacial score (nSPS) is 16.1. The minimum Gasteiger partial charge on any atom is -0.390 e. The van der Waals surface area contributed by atoms with Crippen LogP contribution in [0, 0.1) is 0 Å². The fraction of sp³-hybridized carbons (Fsp3) is 1.00. The second-order valence-electron chi connectivity index (χ2n) is 5.34. The summed E-state index contributed by atoms with van der Waals surface area (Å²) in [6, 6.07) is 0. The summed E-state index contributed by atoms with van der Waals surface area (Å²) in [5, 5.41) is 28.9. The third kappa shape index (κ3) is 9.13. The topological polar surface area (TPSA) is 60.7 Å². The maximum atomic E-state index is 9.68. The fourth-order valence-corrected chi connectivity index (χ4v) is 1.67. The summed E-state index contributed by atoms with van der Waals surface area (Å²) in [5.41, 5.74) is -0.761. The Bertz CT molecular complexity index is 163. The van der Waals surface area contributed by atoms with Gasteiger partial charge in [-0.3, -0.25) is 0 Å². The molecule has 0 rings (SSSR count). The quantitative estimate of drug-likeness (QED) is 0.534. The van der Waals surface area contributed by atoms with Crippen molar-refractivity contribution in [2.75, 3.05) is 0 Å². The summed E-state index contributed by atoms with van der Waals surface area (Å²) in [6.07, 6.45) is 4.74. The van der Waals surface area contributed by atoms with Crippen molar-refractivity contribution in [3.8, 4) is 0 Å². The molecular formula is C13H28O3. The first kappa shape index (κ1) is 15.9. The number of aliphatic hydroxyl groups is 3. The molecule has 2 atom stereocenters. The van der Waals surface area contributed by atoms with Gasteiger partial charge in [0.1, 0.15) is 0 Å². The molecule has 0 heterocycles. The van der Waals surface area contributed by atoms with Crippen molar-refractivity contribution in [3.63, 3.8) is 0 Å². The van der Waals surface area contributed by atoms with Gasteiger partial charge in [-0.15, -0.1) is 0 Å². The molecule has 0 aromatic heterocycles. The fourth-order valence-electron chi connectivity index (χ4n) is 1.67. The Kier molecular flexibility index (Phi) is 7.98. The molecule has 0 saturated carbocycles. The van der Waals surface area contributed by atoms with Gasteiger partial charge >= 0.3 is 0 Å². The Morgan fingerprint density at radius 2 is 1.50 bits per heavy atom. The van der Waals surface area contributed by atoms with Crippen molar-refractivity contribution < 1.29 is 15.3 Å². The Labute approximate surface area is 99.5 Å². The van der Waals surface area contributed by atoms with Crippen molar-refractivity contribution in [3.05, 3.63) is 0 Å². The molecular weight excluding hydrogens is 204 g/mol. The van der Waals surface area contributed by atoms with Crippen LogP contribution in [0.1, 0.15) is 65.7 Å². The summed E-state index contributed by atoms with van der Waals surface area (Å²) in [6.45, 7) is 5.58. The van der Waals surface area contributed by atoms with Crippen LogP contribution in [0.2, 0.25) is 0 Å². The highest BCUT2D eigenvalue weighted by Crippen LogP contribution is 2.16. The first-order valence-electron chi connectivity index (χ1n) is 6.45. The van der Waals surface area contributed by atoms with E-state index in [0.29, 0.717) is 19.3 Å². The van der Waals surface area contributed by atoms with Crippen LogP contribution in [0.25, 0.3) is 0 Å². The number of unbranched alkanes of at least 4 members (excludes halogenated alkanes) is 3. The van der Waals surface area contributed by atoms with Crippen LogP contribution in [0.15, 0.2) is 0 Å². The van der Waals surface area contributed by atoms with Gasteiger partial charge in [-0.25, -0.2) is 0 Å². The Morgan fingerprint density at radius 1 is 0.938 bits per heavy atom. The zero-order valence-electron chi connectivity index (χ0n) is 10.9. The second-order valence-corrected chi connectivity index (χ2v) is 5.34. The van der Waals surface area contributed by atoms with Crippen molar-refractivity contribution in [1.82, 2.24) is 0 Å². The van der Waals surface area contributed by atoms with Crippen molar-refractivity contribution >= 4 is 0 Å². The van der Waals surface area contributed by atoms with Crippen LogP contribution in [0.4, 0.5) is 0 Å². The summed E-state index contributed by atoms with van der Waals surface area (Å²) in [5.74, 6) is 0. The molecule has 3 nitrogen and oxygen atoms in total. The van der Waals surface area contributed by atoms with E-state index in [2.05, 4.69) is 6.92 Å². The average molecular weight is 232 g/mol. The minimum absolute atomic E-state index is 0.457. The van der Waals surface area contributed by atoms with Gasteiger partial charge in [0.15, 0.2) is 0 Å². The maximum Gasteiger partial charge on any atom is 0.0800 e. The van der Waals surface area contributed by atoms with Crippen molar-refractivity contribution in [2.24, 2.45) is 0 Å². The van der Waals surface area contributed by atoms with Crippen molar-refractivity contribution in [1.29, 1.82) is 0 Å². The Hall–Kier alpha value is -0.120. The molecule has 0 saturated heterocycles.